The molecule has 0 saturated carbocycles. The summed E-state index contributed by atoms with van der Waals surface area (Å²) in [4.78, 5) is 26.6. The molecule has 0 saturated heterocycles. The van der Waals surface area contributed by atoms with Crippen LogP contribution in [0.25, 0.3) is 11.0 Å². The van der Waals surface area contributed by atoms with E-state index in [1.807, 2.05) is 24.3 Å². The van der Waals surface area contributed by atoms with Crippen LogP contribution >= 0.6 is 0 Å². The highest BCUT2D eigenvalue weighted by Crippen LogP contribution is 2.19. The van der Waals surface area contributed by atoms with Gasteiger partial charge in [-0.1, -0.05) is 31.1 Å². The van der Waals surface area contributed by atoms with Crippen LogP contribution in [0.15, 0.2) is 53.1 Å². The Bertz CT molecular complexity index is 962. The van der Waals surface area contributed by atoms with Gasteiger partial charge >= 0.3 is 5.97 Å². The maximum Gasteiger partial charge on any atom is 0.338 e. The number of carbonyl (C=O) groups is 2. The van der Waals surface area contributed by atoms with E-state index in [0.29, 0.717) is 35.7 Å². The fourth-order valence-corrected chi connectivity index (χ4v) is 3.00. The van der Waals surface area contributed by atoms with Crippen LogP contribution in [0.3, 0.4) is 0 Å². The number of hydrogen-bond donors (Lipinski definition) is 1. The van der Waals surface area contributed by atoms with E-state index in [-0.39, 0.29) is 18.3 Å². The molecule has 1 heterocycles. The first-order valence-corrected chi connectivity index (χ1v) is 9.73. The number of benzene rings is 2. The zero-order chi connectivity index (χ0) is 20.6. The number of rotatable bonds is 9. The van der Waals surface area contributed by atoms with E-state index in [4.69, 9.17) is 9.26 Å². The molecule has 0 aliphatic rings. The predicted octanol–water partition coefficient (Wildman–Crippen LogP) is 3.51. The zero-order valence-corrected chi connectivity index (χ0v) is 16.7. The van der Waals surface area contributed by atoms with Crippen LogP contribution in [-0.4, -0.2) is 48.2 Å². The number of anilines is 1. The molecule has 0 radical (unpaired) electrons. The topological polar surface area (TPSA) is 84.7 Å². The van der Waals surface area contributed by atoms with Crippen LogP contribution in [0.4, 0.5) is 5.69 Å². The van der Waals surface area contributed by atoms with Crippen LogP contribution < -0.4 is 5.32 Å². The maximum absolute atomic E-state index is 12.3. The monoisotopic (exact) mass is 395 g/mol. The molecule has 152 valence electrons. The Labute approximate surface area is 169 Å². The number of aromatic nitrogens is 1. The number of esters is 1. The summed E-state index contributed by atoms with van der Waals surface area (Å²) in [6, 6.07) is 14.0. The van der Waals surface area contributed by atoms with Gasteiger partial charge in [0.1, 0.15) is 12.3 Å². The molecule has 1 amide bonds. The summed E-state index contributed by atoms with van der Waals surface area (Å²) in [6.07, 6.45) is 0.103. The average Bonchev–Trinajstić information content (AvgIpc) is 3.14. The molecule has 0 atom stereocenters. The lowest BCUT2D eigenvalue weighted by Gasteiger charge is -2.17. The third kappa shape index (κ3) is 5.42. The summed E-state index contributed by atoms with van der Waals surface area (Å²) in [7, 11) is 0. The van der Waals surface area contributed by atoms with Gasteiger partial charge in [-0.25, -0.2) is 4.79 Å². The highest BCUT2D eigenvalue weighted by Gasteiger charge is 2.13. The predicted molar refractivity (Wildman–Crippen MR) is 111 cm³/mol. The average molecular weight is 395 g/mol. The van der Waals surface area contributed by atoms with E-state index in [0.717, 1.165) is 18.5 Å². The lowest BCUT2D eigenvalue weighted by atomic mass is 10.1. The van der Waals surface area contributed by atoms with Crippen LogP contribution in [0, 0.1) is 0 Å². The molecule has 1 aromatic heterocycles. The van der Waals surface area contributed by atoms with Crippen molar-refractivity contribution in [1.29, 1.82) is 0 Å². The maximum atomic E-state index is 12.3. The molecule has 7 nitrogen and oxygen atoms in total. The van der Waals surface area contributed by atoms with Gasteiger partial charge in [-0.05, 0) is 49.5 Å². The van der Waals surface area contributed by atoms with E-state index >= 15 is 0 Å². The first-order valence-electron chi connectivity index (χ1n) is 9.73. The molecular weight excluding hydrogens is 370 g/mol. The van der Waals surface area contributed by atoms with Gasteiger partial charge in [-0.3, -0.25) is 4.79 Å². The number of likely N-dealkylation sites (N-methyl/N-ethyl adjacent to an activating group) is 1. The van der Waals surface area contributed by atoms with Gasteiger partial charge < -0.3 is 19.5 Å². The molecule has 0 bridgehead atoms. The number of para-hydroxylation sites is 1. The summed E-state index contributed by atoms with van der Waals surface area (Å²) in [5.74, 6) is -0.581. The fourth-order valence-electron chi connectivity index (χ4n) is 3.00. The van der Waals surface area contributed by atoms with Gasteiger partial charge in [0.15, 0.2) is 5.58 Å². The molecule has 3 aromatic rings. The van der Waals surface area contributed by atoms with Gasteiger partial charge in [0.05, 0.1) is 12.0 Å². The van der Waals surface area contributed by atoms with E-state index in [2.05, 4.69) is 29.2 Å². The lowest BCUT2D eigenvalue weighted by Crippen LogP contribution is -2.27. The van der Waals surface area contributed by atoms with Crippen molar-refractivity contribution in [2.45, 2.75) is 20.3 Å². The normalized spacial score (nSPS) is 11.0. The van der Waals surface area contributed by atoms with Crippen LogP contribution in [0.2, 0.25) is 0 Å². The van der Waals surface area contributed by atoms with Crippen molar-refractivity contribution in [3.05, 3.63) is 59.8 Å². The van der Waals surface area contributed by atoms with Crippen LogP contribution in [0.1, 0.15) is 29.9 Å². The highest BCUT2D eigenvalue weighted by atomic mass is 16.5. The van der Waals surface area contributed by atoms with E-state index in [9.17, 15) is 9.59 Å². The summed E-state index contributed by atoms with van der Waals surface area (Å²) >= 11 is 0. The molecule has 2 aromatic carbocycles. The third-order valence-corrected chi connectivity index (χ3v) is 4.72. The molecule has 1 N–H and O–H groups in total. The quantitative estimate of drug-likeness (QED) is 0.558. The van der Waals surface area contributed by atoms with Crippen molar-refractivity contribution in [2.24, 2.45) is 0 Å². The molecular formula is C22H25N3O4. The van der Waals surface area contributed by atoms with Crippen molar-refractivity contribution in [1.82, 2.24) is 10.1 Å². The van der Waals surface area contributed by atoms with E-state index in [1.165, 1.54) is 0 Å². The van der Waals surface area contributed by atoms with Gasteiger partial charge in [-0.2, -0.15) is 0 Å². The fraction of sp³-hybridized carbons (Fsp3) is 0.318. The number of ether oxygens (including phenoxy) is 1. The number of nitrogens with zero attached hydrogens (tertiary/aromatic N) is 2. The summed E-state index contributed by atoms with van der Waals surface area (Å²) in [5, 5.41) is 7.60. The molecule has 0 unspecified atom stereocenters. The smallest absolute Gasteiger partial charge is 0.338 e. The molecule has 29 heavy (non-hydrogen) atoms. The van der Waals surface area contributed by atoms with Gasteiger partial charge in [0, 0.05) is 17.6 Å². The Hall–Kier alpha value is -3.19. The van der Waals surface area contributed by atoms with Crippen molar-refractivity contribution < 1.29 is 18.8 Å². The van der Waals surface area contributed by atoms with Gasteiger partial charge in [-0.15, -0.1) is 0 Å². The molecule has 3 rings (SSSR count). The molecule has 0 aliphatic heterocycles. The minimum absolute atomic E-state index is 0.103. The Balaban J connectivity index is 1.52. The molecule has 0 fully saturated rings. The first kappa shape index (κ1) is 20.5. The molecule has 0 spiro atoms. The van der Waals surface area contributed by atoms with Crippen molar-refractivity contribution in [3.63, 3.8) is 0 Å². The first-order chi connectivity index (χ1) is 14.1. The molecule has 7 heteroatoms. The lowest BCUT2D eigenvalue weighted by molar-refractivity contribution is -0.115. The van der Waals surface area contributed by atoms with E-state index in [1.54, 1.807) is 24.3 Å². The zero-order valence-electron chi connectivity index (χ0n) is 16.7. The minimum Gasteiger partial charge on any atom is -0.461 e. The van der Waals surface area contributed by atoms with Crippen molar-refractivity contribution >= 4 is 28.5 Å². The number of hydrogen-bond acceptors (Lipinski definition) is 6. The second-order valence-corrected chi connectivity index (χ2v) is 6.59. The van der Waals surface area contributed by atoms with Crippen molar-refractivity contribution in [3.8, 4) is 0 Å². The van der Waals surface area contributed by atoms with E-state index < -0.39 is 0 Å². The summed E-state index contributed by atoms with van der Waals surface area (Å²) in [5.41, 5.74) is 2.29. The number of nitrogens with one attached hydrogen (secondary N) is 1. The Kier molecular flexibility index (Phi) is 6.97. The third-order valence-electron chi connectivity index (χ3n) is 4.72. The largest absolute Gasteiger partial charge is 0.461 e. The van der Waals surface area contributed by atoms with Crippen LogP contribution in [0.5, 0.6) is 0 Å². The highest BCUT2D eigenvalue weighted by molar-refractivity contribution is 5.95. The van der Waals surface area contributed by atoms with Crippen molar-refractivity contribution in [2.75, 3.05) is 31.6 Å². The number of fused-ring (bicyclic) bond motifs is 1. The summed E-state index contributed by atoms with van der Waals surface area (Å²) in [6.45, 7) is 7.06. The number of amides is 1. The summed E-state index contributed by atoms with van der Waals surface area (Å²) < 4.78 is 10.5. The Morgan fingerprint density at radius 3 is 2.52 bits per heavy atom. The van der Waals surface area contributed by atoms with Gasteiger partial charge in [0.2, 0.25) is 5.91 Å². The second-order valence-electron chi connectivity index (χ2n) is 6.59. The standard InChI is InChI=1S/C22H25N3O4/c1-3-25(4-2)13-14-28-22(27)16-9-11-17(12-10-16)23-21(26)15-19-18-7-5-6-8-20(18)29-24-19/h5-12H,3-4,13-15H2,1-2H3,(H,23,26). The Morgan fingerprint density at radius 1 is 1.07 bits per heavy atom. The molecule has 0 aliphatic carbocycles. The Morgan fingerprint density at radius 2 is 1.79 bits per heavy atom. The number of carbonyl (C=O) groups excluding carboxylic acids is 2. The SMILES string of the molecule is CCN(CC)CCOC(=O)c1ccc(NC(=O)Cc2noc3ccccc23)cc1. The second kappa shape index (κ2) is 9.84. The van der Waals surface area contributed by atoms with Gasteiger partial charge in [0.25, 0.3) is 0 Å². The van der Waals surface area contributed by atoms with Crippen LogP contribution in [-0.2, 0) is 16.0 Å². The minimum atomic E-state index is -0.371.